The van der Waals surface area contributed by atoms with Crippen LogP contribution < -0.4 is 26.6 Å². The summed E-state index contributed by atoms with van der Waals surface area (Å²) in [5, 5.41) is 0.927. The van der Waals surface area contributed by atoms with Gasteiger partial charge < -0.3 is 31.5 Å². The molecule has 2 fully saturated rings. The number of likely N-dealkylation sites (tertiary alicyclic amines) is 1. The van der Waals surface area contributed by atoms with Crippen molar-refractivity contribution in [1.82, 2.24) is 10.2 Å². The fourth-order valence-electron chi connectivity index (χ4n) is 7.53. The van der Waals surface area contributed by atoms with Crippen LogP contribution in [0.1, 0.15) is 57.0 Å². The Hall–Kier alpha value is -5.05. The minimum absolute atomic E-state index is 0. The summed E-state index contributed by atoms with van der Waals surface area (Å²) in [4.78, 5) is 93.2. The van der Waals surface area contributed by atoms with Gasteiger partial charge in [0.1, 0.15) is 0 Å². The zero-order valence-corrected chi connectivity index (χ0v) is 31.4. The molecule has 2 aliphatic heterocycles. The SMILES string of the molecule is Cl.NCC(=O)N(C(=O)c1ccccc1)c1ccc([C@@H]2CCN(C(=O)[C@@H]3CCCN3)[C@@]2(c2ccc(N(C(=O)CN)C(=O)c3ccccc3)cc2)P(=O)(O)O)cc1. The van der Waals surface area contributed by atoms with Gasteiger partial charge in [-0.25, -0.2) is 9.80 Å². The van der Waals surface area contributed by atoms with Gasteiger partial charge in [-0.15, -0.1) is 12.4 Å². The van der Waals surface area contributed by atoms with Gasteiger partial charge in [0.2, 0.25) is 17.7 Å². The number of amides is 5. The second-order valence-corrected chi connectivity index (χ2v) is 14.9. The molecule has 0 radical (unpaired) electrons. The predicted octanol–water partition coefficient (Wildman–Crippen LogP) is 3.47. The van der Waals surface area contributed by atoms with Gasteiger partial charge in [0, 0.05) is 23.6 Å². The Labute approximate surface area is 324 Å². The lowest BCUT2D eigenvalue weighted by atomic mass is 9.86. The van der Waals surface area contributed by atoms with Crippen molar-refractivity contribution in [2.24, 2.45) is 11.5 Å². The van der Waals surface area contributed by atoms with Crippen LogP contribution in [-0.4, -0.2) is 76.4 Å². The van der Waals surface area contributed by atoms with E-state index >= 15 is 0 Å². The monoisotopic (exact) mass is 788 g/mol. The minimum atomic E-state index is -5.30. The van der Waals surface area contributed by atoms with Crippen LogP contribution >= 0.6 is 20.0 Å². The fraction of sp³-hybridized carbons (Fsp3) is 0.256. The van der Waals surface area contributed by atoms with Crippen LogP contribution in [0.15, 0.2) is 109 Å². The maximum atomic E-state index is 14.2. The van der Waals surface area contributed by atoms with Crippen LogP contribution in [-0.2, 0) is 24.2 Å². The molecule has 55 heavy (non-hydrogen) atoms. The van der Waals surface area contributed by atoms with Crippen LogP contribution in [0.5, 0.6) is 0 Å². The maximum Gasteiger partial charge on any atom is 0.356 e. The van der Waals surface area contributed by atoms with E-state index in [0.29, 0.717) is 24.9 Å². The molecule has 4 aromatic carbocycles. The number of benzene rings is 4. The molecule has 2 saturated heterocycles. The number of nitrogens with one attached hydrogen (secondary N) is 1. The first kappa shape index (κ1) is 41.1. The highest BCUT2D eigenvalue weighted by Crippen LogP contribution is 2.69. The molecule has 7 N–H and O–H groups in total. The first-order chi connectivity index (χ1) is 25.9. The van der Waals surface area contributed by atoms with E-state index in [1.807, 2.05) is 0 Å². The standard InChI is InChI=1S/C39H41N6O8P.ClH/c40-24-34(46)44(36(48)27-8-3-1-4-9-27)30-17-13-26(14-18-30)32-21-23-43(38(50)33-12-7-22-42-33)39(32,54(51,52)53)29-15-19-31(20-16-29)45(35(47)25-41)37(49)28-10-5-2-6-11-28;/h1-6,8-11,13-20,32-33,42H,7,12,21-25,40-41H2,(H2,51,52,53);1H/t32-,33-,39-;/m0./s1. The Morgan fingerprint density at radius 2 is 1.20 bits per heavy atom. The third kappa shape index (κ3) is 7.76. The molecule has 0 unspecified atom stereocenters. The van der Waals surface area contributed by atoms with E-state index in [1.54, 1.807) is 72.8 Å². The molecule has 0 aliphatic carbocycles. The predicted molar refractivity (Wildman–Crippen MR) is 209 cm³/mol. The summed E-state index contributed by atoms with van der Waals surface area (Å²) in [6.07, 6.45) is 1.36. The van der Waals surface area contributed by atoms with E-state index in [0.717, 1.165) is 9.80 Å². The average Bonchev–Trinajstić information content (AvgIpc) is 3.89. The number of rotatable bonds is 10. The van der Waals surface area contributed by atoms with Crippen LogP contribution in [0.4, 0.5) is 11.4 Å². The van der Waals surface area contributed by atoms with Crippen LogP contribution in [0.2, 0.25) is 0 Å². The van der Waals surface area contributed by atoms with Crippen LogP contribution in [0.25, 0.3) is 0 Å². The van der Waals surface area contributed by atoms with Crippen molar-refractivity contribution in [2.45, 2.75) is 36.5 Å². The number of halogens is 1. The third-order valence-electron chi connectivity index (χ3n) is 10.0. The van der Waals surface area contributed by atoms with Gasteiger partial charge in [0.15, 0.2) is 5.28 Å². The summed E-state index contributed by atoms with van der Waals surface area (Å²) in [6, 6.07) is 27.5. The van der Waals surface area contributed by atoms with Crippen molar-refractivity contribution >= 4 is 60.9 Å². The highest BCUT2D eigenvalue weighted by molar-refractivity contribution is 7.53. The fourth-order valence-corrected chi connectivity index (χ4v) is 9.21. The second kappa shape index (κ2) is 17.2. The number of anilines is 2. The molecule has 16 heteroatoms. The van der Waals surface area contributed by atoms with E-state index in [4.69, 9.17) is 11.5 Å². The number of carbonyl (C=O) groups excluding carboxylic acids is 5. The van der Waals surface area contributed by atoms with E-state index < -0.39 is 67.5 Å². The number of nitrogens with zero attached hydrogens (tertiary/aromatic N) is 3. The van der Waals surface area contributed by atoms with Crippen molar-refractivity contribution in [3.05, 3.63) is 131 Å². The number of hydrogen-bond donors (Lipinski definition) is 5. The van der Waals surface area contributed by atoms with Crippen molar-refractivity contribution in [3.8, 4) is 0 Å². The zero-order chi connectivity index (χ0) is 38.6. The maximum absolute atomic E-state index is 14.2. The molecular weight excluding hydrogens is 747 g/mol. The molecule has 5 amide bonds. The lowest BCUT2D eigenvalue weighted by molar-refractivity contribution is -0.136. The minimum Gasteiger partial charge on any atom is -0.323 e. The smallest absolute Gasteiger partial charge is 0.323 e. The van der Waals surface area contributed by atoms with Gasteiger partial charge >= 0.3 is 7.60 Å². The van der Waals surface area contributed by atoms with Gasteiger partial charge in [-0.1, -0.05) is 60.7 Å². The number of carbonyl (C=O) groups is 5. The molecule has 0 aromatic heterocycles. The summed E-state index contributed by atoms with van der Waals surface area (Å²) in [5.74, 6) is -4.03. The van der Waals surface area contributed by atoms with Gasteiger partial charge in [-0.05, 0) is 85.5 Å². The summed E-state index contributed by atoms with van der Waals surface area (Å²) in [6.45, 7) is -0.345. The summed E-state index contributed by atoms with van der Waals surface area (Å²) >= 11 is 0. The average molecular weight is 789 g/mol. The molecule has 288 valence electrons. The molecule has 4 aromatic rings. The lowest BCUT2D eigenvalue weighted by Gasteiger charge is -2.44. The molecule has 2 aliphatic rings. The first-order valence-electron chi connectivity index (χ1n) is 17.5. The van der Waals surface area contributed by atoms with Crippen molar-refractivity contribution in [2.75, 3.05) is 36.0 Å². The first-order valence-corrected chi connectivity index (χ1v) is 19.1. The number of nitrogens with two attached hydrogens (primary N) is 2. The summed E-state index contributed by atoms with van der Waals surface area (Å²) in [7, 11) is -5.30. The van der Waals surface area contributed by atoms with Crippen LogP contribution in [0, 0.1) is 0 Å². The second-order valence-electron chi connectivity index (χ2n) is 13.1. The molecule has 3 atom stereocenters. The molecular formula is C39H42ClN6O8P. The van der Waals surface area contributed by atoms with Gasteiger partial charge in [0.25, 0.3) is 11.8 Å². The van der Waals surface area contributed by atoms with Gasteiger partial charge in [-0.3, -0.25) is 28.5 Å². The Bertz CT molecular complexity index is 2080. The zero-order valence-electron chi connectivity index (χ0n) is 29.7. The van der Waals surface area contributed by atoms with Crippen molar-refractivity contribution < 1.29 is 38.3 Å². The van der Waals surface area contributed by atoms with E-state index in [9.17, 15) is 38.3 Å². The summed E-state index contributed by atoms with van der Waals surface area (Å²) < 4.78 is 14.1. The topological polar surface area (TPSA) is 217 Å². The van der Waals surface area contributed by atoms with Gasteiger partial charge in [-0.2, -0.15) is 0 Å². The number of hydrogen-bond acceptors (Lipinski definition) is 9. The van der Waals surface area contributed by atoms with Crippen molar-refractivity contribution in [3.63, 3.8) is 0 Å². The van der Waals surface area contributed by atoms with E-state index in [-0.39, 0.29) is 53.4 Å². The van der Waals surface area contributed by atoms with Crippen LogP contribution in [0.3, 0.4) is 0 Å². The van der Waals surface area contributed by atoms with Crippen molar-refractivity contribution in [1.29, 1.82) is 0 Å². The Morgan fingerprint density at radius 1 is 0.727 bits per heavy atom. The molecule has 14 nitrogen and oxygen atoms in total. The molecule has 0 bridgehead atoms. The highest BCUT2D eigenvalue weighted by Gasteiger charge is 2.64. The largest absolute Gasteiger partial charge is 0.356 e. The van der Waals surface area contributed by atoms with Gasteiger partial charge in [0.05, 0.1) is 30.5 Å². The highest BCUT2D eigenvalue weighted by atomic mass is 35.5. The third-order valence-corrected chi connectivity index (χ3v) is 11.7. The van der Waals surface area contributed by atoms with E-state index in [1.165, 1.54) is 41.3 Å². The quantitative estimate of drug-likeness (QED) is 0.147. The Morgan fingerprint density at radius 3 is 1.62 bits per heavy atom. The molecule has 0 spiro atoms. The molecule has 0 saturated carbocycles. The Kier molecular flexibility index (Phi) is 12.8. The summed E-state index contributed by atoms with van der Waals surface area (Å²) in [5.41, 5.74) is 12.7. The van der Waals surface area contributed by atoms with E-state index in [2.05, 4.69) is 5.32 Å². The number of imide groups is 2. The Balaban J connectivity index is 0.00000580. The molecule has 6 rings (SSSR count). The normalized spacial score (nSPS) is 19.3. The molecule has 2 heterocycles. The lowest BCUT2D eigenvalue weighted by Crippen LogP contribution is -2.52.